The molecule has 0 fully saturated rings. The van der Waals surface area contributed by atoms with E-state index >= 15 is 0 Å². The number of halogens is 1. The fraction of sp³-hybridized carbons (Fsp3) is 0.154. The molecule has 86 valence electrons. The predicted octanol–water partition coefficient (Wildman–Crippen LogP) is 2.92. The van der Waals surface area contributed by atoms with E-state index in [4.69, 9.17) is 22.1 Å². The highest BCUT2D eigenvalue weighted by atomic mass is 35.5. The first-order valence-corrected chi connectivity index (χ1v) is 5.79. The number of benzene rings is 1. The van der Waals surface area contributed by atoms with E-state index < -0.39 is 0 Å². The zero-order valence-electron chi connectivity index (χ0n) is 9.11. The largest absolute Gasteiger partial charge is 0.493 e. The fourth-order valence-electron chi connectivity index (χ4n) is 2.03. The van der Waals surface area contributed by atoms with Crippen LogP contribution in [0.4, 0.5) is 5.69 Å². The molecule has 0 saturated carbocycles. The molecule has 2 heterocycles. The lowest BCUT2D eigenvalue weighted by Crippen LogP contribution is -1.93. The van der Waals surface area contributed by atoms with Gasteiger partial charge in [0.05, 0.1) is 23.0 Å². The quantitative estimate of drug-likeness (QED) is 0.842. The fourth-order valence-corrected chi connectivity index (χ4v) is 2.20. The second-order valence-electron chi connectivity index (χ2n) is 4.01. The normalized spacial score (nSPS) is 13.2. The summed E-state index contributed by atoms with van der Waals surface area (Å²) in [6.07, 6.45) is 2.55. The SMILES string of the molecule is Nc1cc(Cl)cnc1-c1ccc2c(c1)CCO2. The highest BCUT2D eigenvalue weighted by Gasteiger charge is 2.14. The maximum absolute atomic E-state index is 5.92. The third-order valence-corrected chi connectivity index (χ3v) is 3.05. The van der Waals surface area contributed by atoms with Gasteiger partial charge in [0.15, 0.2) is 0 Å². The first-order valence-electron chi connectivity index (χ1n) is 5.41. The molecule has 0 unspecified atom stereocenters. The zero-order valence-corrected chi connectivity index (χ0v) is 9.87. The molecule has 0 atom stereocenters. The van der Waals surface area contributed by atoms with Crippen LogP contribution in [0.15, 0.2) is 30.5 Å². The molecule has 1 aromatic heterocycles. The summed E-state index contributed by atoms with van der Waals surface area (Å²) in [6.45, 7) is 0.752. The summed E-state index contributed by atoms with van der Waals surface area (Å²) in [6, 6.07) is 7.73. The van der Waals surface area contributed by atoms with Gasteiger partial charge < -0.3 is 10.5 Å². The molecule has 3 nitrogen and oxygen atoms in total. The first-order chi connectivity index (χ1) is 8.24. The minimum atomic E-state index is 0.552. The van der Waals surface area contributed by atoms with Gasteiger partial charge in [-0.2, -0.15) is 0 Å². The summed E-state index contributed by atoms with van der Waals surface area (Å²) in [4.78, 5) is 4.28. The average Bonchev–Trinajstić information content (AvgIpc) is 2.75. The van der Waals surface area contributed by atoms with Gasteiger partial charge in [-0.15, -0.1) is 0 Å². The first kappa shape index (κ1) is 10.4. The van der Waals surface area contributed by atoms with Crippen molar-refractivity contribution in [2.24, 2.45) is 0 Å². The lowest BCUT2D eigenvalue weighted by Gasteiger charge is -2.06. The van der Waals surface area contributed by atoms with E-state index in [0.717, 1.165) is 30.0 Å². The predicted molar refractivity (Wildman–Crippen MR) is 68.3 cm³/mol. The molecule has 4 heteroatoms. The van der Waals surface area contributed by atoms with E-state index in [1.54, 1.807) is 12.3 Å². The van der Waals surface area contributed by atoms with Gasteiger partial charge in [-0.25, -0.2) is 0 Å². The third kappa shape index (κ3) is 1.83. The van der Waals surface area contributed by atoms with Gasteiger partial charge in [0.1, 0.15) is 5.75 Å². The lowest BCUT2D eigenvalue weighted by molar-refractivity contribution is 0.357. The van der Waals surface area contributed by atoms with E-state index in [9.17, 15) is 0 Å². The second-order valence-corrected chi connectivity index (χ2v) is 4.45. The minimum absolute atomic E-state index is 0.552. The molecule has 0 saturated heterocycles. The summed E-state index contributed by atoms with van der Waals surface area (Å²) in [5, 5.41) is 0.552. The Kier molecular flexibility index (Phi) is 2.41. The van der Waals surface area contributed by atoms with E-state index in [1.807, 2.05) is 12.1 Å². The molecular formula is C13H11ClN2O. The smallest absolute Gasteiger partial charge is 0.122 e. The summed E-state index contributed by atoms with van der Waals surface area (Å²) < 4.78 is 5.47. The zero-order chi connectivity index (χ0) is 11.8. The highest BCUT2D eigenvalue weighted by molar-refractivity contribution is 6.30. The molecule has 2 aromatic rings. The molecule has 0 radical (unpaired) electrons. The van der Waals surface area contributed by atoms with Gasteiger partial charge in [0, 0.05) is 18.2 Å². The number of hydrogen-bond donors (Lipinski definition) is 1. The van der Waals surface area contributed by atoms with Crippen LogP contribution in [-0.2, 0) is 6.42 Å². The number of anilines is 1. The molecule has 0 aliphatic carbocycles. The van der Waals surface area contributed by atoms with Crippen LogP contribution in [-0.4, -0.2) is 11.6 Å². The Morgan fingerprint density at radius 2 is 2.18 bits per heavy atom. The van der Waals surface area contributed by atoms with Crippen molar-refractivity contribution in [3.63, 3.8) is 0 Å². The van der Waals surface area contributed by atoms with Crippen molar-refractivity contribution in [3.05, 3.63) is 41.0 Å². The van der Waals surface area contributed by atoms with Gasteiger partial charge in [-0.1, -0.05) is 11.6 Å². The summed E-state index contributed by atoms with van der Waals surface area (Å²) in [5.41, 5.74) is 9.49. The third-order valence-electron chi connectivity index (χ3n) is 2.85. The second kappa shape index (κ2) is 3.93. The maximum Gasteiger partial charge on any atom is 0.122 e. The molecule has 0 bridgehead atoms. The molecule has 0 spiro atoms. The van der Waals surface area contributed by atoms with Crippen molar-refractivity contribution < 1.29 is 4.74 Å². The van der Waals surface area contributed by atoms with E-state index in [0.29, 0.717) is 10.7 Å². The Balaban J connectivity index is 2.09. The maximum atomic E-state index is 5.92. The number of nitrogens with zero attached hydrogens (tertiary/aromatic N) is 1. The van der Waals surface area contributed by atoms with Crippen molar-refractivity contribution in [3.8, 4) is 17.0 Å². The van der Waals surface area contributed by atoms with Crippen molar-refractivity contribution in [1.29, 1.82) is 0 Å². The molecule has 1 aliphatic heterocycles. The van der Waals surface area contributed by atoms with Crippen LogP contribution >= 0.6 is 11.6 Å². The molecule has 17 heavy (non-hydrogen) atoms. The molecule has 0 amide bonds. The van der Waals surface area contributed by atoms with Crippen LogP contribution in [0.2, 0.25) is 5.02 Å². The van der Waals surface area contributed by atoms with Crippen LogP contribution in [0.25, 0.3) is 11.3 Å². The molecule has 1 aliphatic rings. The summed E-state index contributed by atoms with van der Waals surface area (Å²) in [7, 11) is 0. The van der Waals surface area contributed by atoms with Gasteiger partial charge in [0.2, 0.25) is 0 Å². The molecule has 1 aromatic carbocycles. The number of fused-ring (bicyclic) bond motifs is 1. The monoisotopic (exact) mass is 246 g/mol. The standard InChI is InChI=1S/C13H11ClN2O/c14-10-6-11(15)13(16-7-10)9-1-2-12-8(5-9)3-4-17-12/h1-2,5-7H,3-4,15H2. The Bertz CT molecular complexity index is 584. The van der Waals surface area contributed by atoms with Crippen molar-refractivity contribution in [2.45, 2.75) is 6.42 Å². The van der Waals surface area contributed by atoms with Crippen LogP contribution in [0.1, 0.15) is 5.56 Å². The molecule has 3 rings (SSSR count). The van der Waals surface area contributed by atoms with Crippen LogP contribution in [0.5, 0.6) is 5.75 Å². The van der Waals surface area contributed by atoms with Crippen molar-refractivity contribution in [2.75, 3.05) is 12.3 Å². The lowest BCUT2D eigenvalue weighted by atomic mass is 10.0. The molecule has 2 N–H and O–H groups in total. The number of pyridine rings is 1. The van der Waals surface area contributed by atoms with Crippen LogP contribution in [0.3, 0.4) is 0 Å². The van der Waals surface area contributed by atoms with Crippen molar-refractivity contribution >= 4 is 17.3 Å². The Morgan fingerprint density at radius 1 is 1.29 bits per heavy atom. The van der Waals surface area contributed by atoms with Crippen LogP contribution < -0.4 is 10.5 Å². The number of aromatic nitrogens is 1. The van der Waals surface area contributed by atoms with Gasteiger partial charge in [-0.05, 0) is 29.8 Å². The van der Waals surface area contributed by atoms with Crippen LogP contribution in [0, 0.1) is 0 Å². The minimum Gasteiger partial charge on any atom is -0.493 e. The number of nitrogens with two attached hydrogens (primary N) is 1. The van der Waals surface area contributed by atoms with Gasteiger partial charge in [-0.3, -0.25) is 4.98 Å². The Labute approximate surface area is 104 Å². The average molecular weight is 247 g/mol. The van der Waals surface area contributed by atoms with E-state index in [1.165, 1.54) is 5.56 Å². The Morgan fingerprint density at radius 3 is 3.00 bits per heavy atom. The number of nitrogen functional groups attached to an aromatic ring is 1. The van der Waals surface area contributed by atoms with E-state index in [-0.39, 0.29) is 0 Å². The van der Waals surface area contributed by atoms with Gasteiger partial charge >= 0.3 is 0 Å². The number of rotatable bonds is 1. The highest BCUT2D eigenvalue weighted by Crippen LogP contribution is 2.32. The number of ether oxygens (including phenoxy) is 1. The van der Waals surface area contributed by atoms with E-state index in [2.05, 4.69) is 11.1 Å². The Hall–Kier alpha value is -1.74. The summed E-state index contributed by atoms with van der Waals surface area (Å²) in [5.74, 6) is 0.960. The van der Waals surface area contributed by atoms with Gasteiger partial charge in [0.25, 0.3) is 0 Å². The topological polar surface area (TPSA) is 48.1 Å². The number of hydrogen-bond acceptors (Lipinski definition) is 3. The van der Waals surface area contributed by atoms with Crippen molar-refractivity contribution in [1.82, 2.24) is 4.98 Å². The molecular weight excluding hydrogens is 236 g/mol. The summed E-state index contributed by atoms with van der Waals surface area (Å²) >= 11 is 5.84.